The predicted octanol–water partition coefficient (Wildman–Crippen LogP) is 1.41. The largest absolute Gasteiger partial charge is 0.493 e. The first-order valence-electron chi connectivity index (χ1n) is 6.43. The zero-order valence-electron chi connectivity index (χ0n) is 11.6. The molecule has 0 saturated carbocycles. The van der Waals surface area contributed by atoms with Gasteiger partial charge in [-0.15, -0.1) is 0 Å². The van der Waals surface area contributed by atoms with Crippen LogP contribution in [0.1, 0.15) is 6.92 Å². The monoisotopic (exact) mass is 282 g/mol. The number of carbonyl (C=O) groups is 1. The van der Waals surface area contributed by atoms with Gasteiger partial charge in [0.2, 0.25) is 0 Å². The molecule has 110 valence electrons. The van der Waals surface area contributed by atoms with Gasteiger partial charge < -0.3 is 23.7 Å². The summed E-state index contributed by atoms with van der Waals surface area (Å²) in [5, 5.41) is 0. The number of hydrogen-bond donors (Lipinski definition) is 0. The standard InChI is InChI=1S/C14H18O6/c1-3-17-14(15)9-19-10-4-5-12(13(6-10)16-2)20-8-11-7-18-11/h4-6,11H,3,7-9H2,1-2H3. The van der Waals surface area contributed by atoms with Crippen molar-refractivity contribution in [3.8, 4) is 17.2 Å². The first-order valence-corrected chi connectivity index (χ1v) is 6.43. The first-order chi connectivity index (χ1) is 9.72. The molecule has 0 aromatic heterocycles. The molecule has 1 fully saturated rings. The molecule has 1 heterocycles. The molecule has 6 heteroatoms. The molecule has 1 aromatic rings. The Balaban J connectivity index is 1.91. The van der Waals surface area contributed by atoms with E-state index in [1.54, 1.807) is 32.2 Å². The van der Waals surface area contributed by atoms with Gasteiger partial charge in [0.15, 0.2) is 18.1 Å². The molecule has 1 aromatic carbocycles. The van der Waals surface area contributed by atoms with Crippen LogP contribution in [0, 0.1) is 0 Å². The number of methoxy groups -OCH3 is 1. The second-order valence-corrected chi connectivity index (χ2v) is 4.17. The summed E-state index contributed by atoms with van der Waals surface area (Å²) in [5.74, 6) is 1.28. The lowest BCUT2D eigenvalue weighted by molar-refractivity contribution is -0.145. The van der Waals surface area contributed by atoms with Gasteiger partial charge in [-0.05, 0) is 19.1 Å². The van der Waals surface area contributed by atoms with Gasteiger partial charge in [-0.2, -0.15) is 0 Å². The molecule has 0 bridgehead atoms. The van der Waals surface area contributed by atoms with Gasteiger partial charge in [-0.25, -0.2) is 4.79 Å². The van der Waals surface area contributed by atoms with Crippen molar-refractivity contribution in [2.45, 2.75) is 13.0 Å². The minimum absolute atomic E-state index is 0.132. The Morgan fingerprint density at radius 3 is 2.80 bits per heavy atom. The Morgan fingerprint density at radius 1 is 1.35 bits per heavy atom. The van der Waals surface area contributed by atoms with E-state index in [4.69, 9.17) is 23.7 Å². The average molecular weight is 282 g/mol. The summed E-state index contributed by atoms with van der Waals surface area (Å²) < 4.78 is 26.0. The SMILES string of the molecule is CCOC(=O)COc1ccc(OCC2CO2)c(OC)c1. The molecule has 20 heavy (non-hydrogen) atoms. The van der Waals surface area contributed by atoms with E-state index in [-0.39, 0.29) is 12.7 Å². The summed E-state index contributed by atoms with van der Waals surface area (Å²) in [4.78, 5) is 11.2. The molecule has 1 saturated heterocycles. The molecule has 1 atom stereocenters. The summed E-state index contributed by atoms with van der Waals surface area (Å²) >= 11 is 0. The molecule has 0 spiro atoms. The van der Waals surface area contributed by atoms with Crippen molar-refractivity contribution in [2.24, 2.45) is 0 Å². The quantitative estimate of drug-likeness (QED) is 0.530. The van der Waals surface area contributed by atoms with Crippen LogP contribution in [-0.2, 0) is 14.3 Å². The molecule has 0 radical (unpaired) electrons. The average Bonchev–Trinajstić information content (AvgIpc) is 3.27. The van der Waals surface area contributed by atoms with E-state index < -0.39 is 5.97 Å². The fourth-order valence-corrected chi connectivity index (χ4v) is 1.55. The van der Waals surface area contributed by atoms with Crippen molar-refractivity contribution < 1.29 is 28.5 Å². The molecule has 1 aliphatic rings. The maximum Gasteiger partial charge on any atom is 0.344 e. The lowest BCUT2D eigenvalue weighted by atomic mass is 10.3. The third-order valence-electron chi connectivity index (χ3n) is 2.62. The molecule has 1 aliphatic heterocycles. The summed E-state index contributed by atoms with van der Waals surface area (Å²) in [6.45, 7) is 3.19. The van der Waals surface area contributed by atoms with Gasteiger partial charge in [-0.1, -0.05) is 0 Å². The van der Waals surface area contributed by atoms with Gasteiger partial charge in [-0.3, -0.25) is 0 Å². The van der Waals surface area contributed by atoms with Crippen LogP contribution in [-0.4, -0.2) is 45.6 Å². The van der Waals surface area contributed by atoms with Crippen LogP contribution < -0.4 is 14.2 Å². The van der Waals surface area contributed by atoms with Crippen LogP contribution in [0.2, 0.25) is 0 Å². The van der Waals surface area contributed by atoms with E-state index in [9.17, 15) is 4.79 Å². The van der Waals surface area contributed by atoms with Crippen LogP contribution in [0.3, 0.4) is 0 Å². The number of rotatable bonds is 8. The van der Waals surface area contributed by atoms with Gasteiger partial charge >= 0.3 is 5.97 Å². The number of carbonyl (C=O) groups excluding carboxylic acids is 1. The Labute approximate surface area is 117 Å². The number of epoxide rings is 1. The zero-order valence-corrected chi connectivity index (χ0v) is 11.6. The van der Waals surface area contributed by atoms with Crippen molar-refractivity contribution in [3.05, 3.63) is 18.2 Å². The van der Waals surface area contributed by atoms with E-state index in [2.05, 4.69) is 0 Å². The smallest absolute Gasteiger partial charge is 0.344 e. The first kappa shape index (κ1) is 14.5. The van der Waals surface area contributed by atoms with Crippen molar-refractivity contribution in [2.75, 3.05) is 33.5 Å². The van der Waals surface area contributed by atoms with Crippen molar-refractivity contribution in [1.29, 1.82) is 0 Å². The van der Waals surface area contributed by atoms with Gasteiger partial charge in [0.25, 0.3) is 0 Å². The highest BCUT2D eigenvalue weighted by molar-refractivity contribution is 5.71. The third kappa shape index (κ3) is 4.31. The third-order valence-corrected chi connectivity index (χ3v) is 2.62. The van der Waals surface area contributed by atoms with E-state index in [1.165, 1.54) is 0 Å². The fraction of sp³-hybridized carbons (Fsp3) is 0.500. The van der Waals surface area contributed by atoms with E-state index in [0.29, 0.717) is 30.5 Å². The number of hydrogen-bond acceptors (Lipinski definition) is 6. The topological polar surface area (TPSA) is 66.5 Å². The molecule has 0 aliphatic carbocycles. The number of benzene rings is 1. The lowest BCUT2D eigenvalue weighted by Crippen LogP contribution is -2.14. The highest BCUT2D eigenvalue weighted by atomic mass is 16.6. The second kappa shape index (κ2) is 7.00. The molecular formula is C14H18O6. The summed E-state index contributed by atoms with van der Waals surface area (Å²) in [7, 11) is 1.55. The fourth-order valence-electron chi connectivity index (χ4n) is 1.55. The second-order valence-electron chi connectivity index (χ2n) is 4.17. The lowest BCUT2D eigenvalue weighted by Gasteiger charge is -2.12. The Kier molecular flexibility index (Phi) is 5.06. The normalized spacial score (nSPS) is 16.4. The molecular weight excluding hydrogens is 264 g/mol. The Hall–Kier alpha value is -1.95. The van der Waals surface area contributed by atoms with Gasteiger partial charge in [0.05, 0.1) is 20.3 Å². The summed E-state index contributed by atoms with van der Waals surface area (Å²) in [6, 6.07) is 5.12. The maximum absolute atomic E-state index is 11.2. The van der Waals surface area contributed by atoms with E-state index in [1.807, 2.05) is 0 Å². The zero-order chi connectivity index (χ0) is 14.4. The maximum atomic E-state index is 11.2. The minimum Gasteiger partial charge on any atom is -0.493 e. The van der Waals surface area contributed by atoms with Gasteiger partial charge in [0.1, 0.15) is 18.5 Å². The molecule has 2 rings (SSSR count). The van der Waals surface area contributed by atoms with E-state index >= 15 is 0 Å². The summed E-state index contributed by atoms with van der Waals surface area (Å²) in [6.07, 6.45) is 0.180. The highest BCUT2D eigenvalue weighted by Gasteiger charge is 2.23. The molecule has 6 nitrogen and oxygen atoms in total. The minimum atomic E-state index is -0.405. The van der Waals surface area contributed by atoms with Crippen molar-refractivity contribution in [3.63, 3.8) is 0 Å². The molecule has 1 unspecified atom stereocenters. The summed E-state index contributed by atoms with van der Waals surface area (Å²) in [5.41, 5.74) is 0. The van der Waals surface area contributed by atoms with Crippen LogP contribution in [0.5, 0.6) is 17.2 Å². The van der Waals surface area contributed by atoms with Crippen LogP contribution in [0.4, 0.5) is 0 Å². The van der Waals surface area contributed by atoms with E-state index in [0.717, 1.165) is 6.61 Å². The van der Waals surface area contributed by atoms with Crippen molar-refractivity contribution in [1.82, 2.24) is 0 Å². The van der Waals surface area contributed by atoms with Crippen LogP contribution >= 0.6 is 0 Å². The Morgan fingerprint density at radius 2 is 2.15 bits per heavy atom. The highest BCUT2D eigenvalue weighted by Crippen LogP contribution is 2.31. The van der Waals surface area contributed by atoms with Gasteiger partial charge in [0, 0.05) is 6.07 Å². The Bertz CT molecular complexity index is 455. The van der Waals surface area contributed by atoms with Crippen LogP contribution in [0.25, 0.3) is 0 Å². The molecule has 0 N–H and O–H groups in total. The van der Waals surface area contributed by atoms with Crippen molar-refractivity contribution >= 4 is 5.97 Å². The number of esters is 1. The number of ether oxygens (including phenoxy) is 5. The van der Waals surface area contributed by atoms with Crippen LogP contribution in [0.15, 0.2) is 18.2 Å². The molecule has 0 amide bonds. The predicted molar refractivity (Wildman–Crippen MR) is 70.4 cm³/mol.